The largest absolute Gasteiger partial charge is 0.495 e. The number of alkyl halides is 3. The van der Waals surface area contributed by atoms with Crippen LogP contribution in [0.1, 0.15) is 28.8 Å². The van der Waals surface area contributed by atoms with Crippen LogP contribution in [-0.4, -0.2) is 41.7 Å². The van der Waals surface area contributed by atoms with E-state index in [1.807, 2.05) is 0 Å². The van der Waals surface area contributed by atoms with Crippen LogP contribution in [0.25, 0.3) is 0 Å². The van der Waals surface area contributed by atoms with E-state index in [0.29, 0.717) is 25.9 Å². The lowest BCUT2D eigenvalue weighted by molar-refractivity contribution is -0.137. The first-order chi connectivity index (χ1) is 16.0. The van der Waals surface area contributed by atoms with Gasteiger partial charge in [0.15, 0.2) is 0 Å². The highest BCUT2D eigenvalue weighted by Crippen LogP contribution is 2.38. The predicted molar refractivity (Wildman–Crippen MR) is 117 cm³/mol. The van der Waals surface area contributed by atoms with Crippen molar-refractivity contribution in [1.82, 2.24) is 0 Å². The van der Waals surface area contributed by atoms with Crippen LogP contribution in [0.2, 0.25) is 0 Å². The molecule has 3 rings (SSSR count). The number of nitriles is 1. The van der Waals surface area contributed by atoms with Gasteiger partial charge >= 0.3 is 12.1 Å². The van der Waals surface area contributed by atoms with Crippen molar-refractivity contribution in [2.24, 2.45) is 5.92 Å². The Labute approximate surface area is 194 Å². The number of benzene rings is 2. The van der Waals surface area contributed by atoms with Crippen LogP contribution in [0.15, 0.2) is 41.3 Å². The maximum atomic E-state index is 13.4. The van der Waals surface area contributed by atoms with Crippen LogP contribution >= 0.6 is 0 Å². The molecule has 1 N–H and O–H groups in total. The summed E-state index contributed by atoms with van der Waals surface area (Å²) in [4.78, 5) is 13.2. The Morgan fingerprint density at radius 3 is 2.38 bits per heavy atom. The van der Waals surface area contributed by atoms with Gasteiger partial charge < -0.3 is 14.4 Å². The third-order valence-corrected chi connectivity index (χ3v) is 6.85. The molecule has 182 valence electrons. The topological polar surface area (TPSA) is 109 Å². The van der Waals surface area contributed by atoms with Crippen LogP contribution in [0.3, 0.4) is 0 Å². The lowest BCUT2D eigenvalue weighted by Gasteiger charge is -2.33. The highest BCUT2D eigenvalue weighted by atomic mass is 32.2. The Kier molecular flexibility index (Phi) is 7.26. The van der Waals surface area contributed by atoms with Crippen molar-refractivity contribution in [3.8, 4) is 11.8 Å². The zero-order chi connectivity index (χ0) is 25.1. The minimum absolute atomic E-state index is 0.0773. The molecule has 0 unspecified atom stereocenters. The maximum Gasteiger partial charge on any atom is 0.416 e. The SMILES string of the molecule is COC(=O)c1ccc(OC)c(S(=O)(=O)Nc2cc(C(F)(F)F)ccc2N2CCC(C#N)CC2)c1. The van der Waals surface area contributed by atoms with Crippen molar-refractivity contribution >= 4 is 27.4 Å². The molecule has 0 bridgehead atoms. The zero-order valence-corrected chi connectivity index (χ0v) is 19.2. The molecule has 0 aliphatic carbocycles. The fourth-order valence-electron chi connectivity index (χ4n) is 3.65. The number of hydrogen-bond donors (Lipinski definition) is 1. The van der Waals surface area contributed by atoms with Crippen molar-refractivity contribution in [3.63, 3.8) is 0 Å². The molecule has 0 saturated carbocycles. The van der Waals surface area contributed by atoms with E-state index in [1.54, 1.807) is 4.90 Å². The zero-order valence-electron chi connectivity index (χ0n) is 18.3. The Hall–Kier alpha value is -3.46. The summed E-state index contributed by atoms with van der Waals surface area (Å²) in [6.07, 6.45) is -3.70. The molecule has 12 heteroatoms. The minimum atomic E-state index is -4.70. The third kappa shape index (κ3) is 5.36. The van der Waals surface area contributed by atoms with E-state index in [-0.39, 0.29) is 28.6 Å². The molecule has 2 aromatic carbocycles. The van der Waals surface area contributed by atoms with E-state index >= 15 is 0 Å². The van der Waals surface area contributed by atoms with Gasteiger partial charge in [0.1, 0.15) is 10.6 Å². The van der Waals surface area contributed by atoms with Crippen molar-refractivity contribution < 1.29 is 35.9 Å². The lowest BCUT2D eigenvalue weighted by Crippen LogP contribution is -2.34. The molecule has 8 nitrogen and oxygen atoms in total. The number of rotatable bonds is 6. The second-order valence-corrected chi connectivity index (χ2v) is 9.23. The molecule has 0 amide bonds. The van der Waals surface area contributed by atoms with E-state index < -0.39 is 32.6 Å². The van der Waals surface area contributed by atoms with Crippen LogP contribution in [-0.2, 0) is 20.9 Å². The number of ether oxygens (including phenoxy) is 2. The van der Waals surface area contributed by atoms with Crippen molar-refractivity contribution in [1.29, 1.82) is 5.26 Å². The molecule has 0 aromatic heterocycles. The van der Waals surface area contributed by atoms with E-state index in [4.69, 9.17) is 10.00 Å². The van der Waals surface area contributed by atoms with Gasteiger partial charge in [-0.3, -0.25) is 4.72 Å². The Balaban J connectivity index is 2.06. The molecule has 1 fully saturated rings. The Bertz CT molecular complexity index is 1220. The average molecular weight is 497 g/mol. The summed E-state index contributed by atoms with van der Waals surface area (Å²) in [7, 11) is -2.14. The molecule has 0 spiro atoms. The van der Waals surface area contributed by atoms with Gasteiger partial charge in [0.2, 0.25) is 0 Å². The number of nitrogens with one attached hydrogen (secondary N) is 1. The van der Waals surface area contributed by atoms with E-state index in [1.165, 1.54) is 25.3 Å². The summed E-state index contributed by atoms with van der Waals surface area (Å²) in [5.74, 6) is -1.07. The Morgan fingerprint density at radius 1 is 1.15 bits per heavy atom. The molecular weight excluding hydrogens is 475 g/mol. The first kappa shape index (κ1) is 25.2. The summed E-state index contributed by atoms with van der Waals surface area (Å²) in [5, 5.41) is 9.11. The summed E-state index contributed by atoms with van der Waals surface area (Å²) in [6.45, 7) is 0.749. The number of esters is 1. The maximum absolute atomic E-state index is 13.4. The molecule has 1 aliphatic heterocycles. The van der Waals surface area contributed by atoms with E-state index in [0.717, 1.165) is 25.3 Å². The van der Waals surface area contributed by atoms with Gasteiger partial charge in [0.05, 0.1) is 42.8 Å². The molecule has 2 aromatic rings. The van der Waals surface area contributed by atoms with E-state index in [2.05, 4.69) is 15.5 Å². The fourth-order valence-corrected chi connectivity index (χ4v) is 4.91. The van der Waals surface area contributed by atoms with Gasteiger partial charge in [-0.15, -0.1) is 0 Å². The Morgan fingerprint density at radius 2 is 1.82 bits per heavy atom. The number of methoxy groups -OCH3 is 2. The first-order valence-electron chi connectivity index (χ1n) is 10.1. The number of halogens is 3. The van der Waals surface area contributed by atoms with Crippen molar-refractivity contribution in [2.75, 3.05) is 36.9 Å². The van der Waals surface area contributed by atoms with Crippen LogP contribution < -0.4 is 14.4 Å². The van der Waals surface area contributed by atoms with Gasteiger partial charge in [-0.1, -0.05) is 0 Å². The van der Waals surface area contributed by atoms with Crippen LogP contribution in [0.4, 0.5) is 24.5 Å². The van der Waals surface area contributed by atoms with Crippen LogP contribution in [0.5, 0.6) is 5.75 Å². The summed E-state index contributed by atoms with van der Waals surface area (Å²) in [6, 6.07) is 8.56. The number of anilines is 2. The second kappa shape index (κ2) is 9.80. The summed E-state index contributed by atoms with van der Waals surface area (Å²) < 4.78 is 78.6. The number of sulfonamides is 1. The minimum Gasteiger partial charge on any atom is -0.495 e. The summed E-state index contributed by atoms with van der Waals surface area (Å²) >= 11 is 0. The van der Waals surface area contributed by atoms with Crippen LogP contribution in [0, 0.1) is 17.2 Å². The van der Waals surface area contributed by atoms with Crippen molar-refractivity contribution in [2.45, 2.75) is 23.9 Å². The highest BCUT2D eigenvalue weighted by Gasteiger charge is 2.33. The quantitative estimate of drug-likeness (QED) is 0.600. The highest BCUT2D eigenvalue weighted by molar-refractivity contribution is 7.92. The van der Waals surface area contributed by atoms with Gasteiger partial charge in [0, 0.05) is 19.0 Å². The number of nitrogens with zero attached hydrogens (tertiary/aromatic N) is 2. The predicted octanol–water partition coefficient (Wildman–Crippen LogP) is 4.04. The summed E-state index contributed by atoms with van der Waals surface area (Å²) in [5.41, 5.74) is -1.14. The van der Waals surface area contributed by atoms with Crippen molar-refractivity contribution in [3.05, 3.63) is 47.5 Å². The van der Waals surface area contributed by atoms with E-state index in [9.17, 15) is 26.4 Å². The van der Waals surface area contributed by atoms with Gasteiger partial charge in [-0.25, -0.2) is 13.2 Å². The molecule has 0 atom stereocenters. The molecule has 1 aliphatic rings. The first-order valence-corrected chi connectivity index (χ1v) is 11.6. The molecule has 1 saturated heterocycles. The lowest BCUT2D eigenvalue weighted by atomic mass is 9.98. The van der Waals surface area contributed by atoms with Gasteiger partial charge in [0.25, 0.3) is 10.0 Å². The third-order valence-electron chi connectivity index (χ3n) is 5.46. The average Bonchev–Trinajstić information content (AvgIpc) is 2.82. The van der Waals surface area contributed by atoms with Gasteiger partial charge in [-0.2, -0.15) is 18.4 Å². The molecule has 1 heterocycles. The number of hydrogen-bond acceptors (Lipinski definition) is 7. The molecule has 0 radical (unpaired) electrons. The molecule has 34 heavy (non-hydrogen) atoms. The number of carbonyl (C=O) groups is 1. The molecular formula is C22H22F3N3O5S. The smallest absolute Gasteiger partial charge is 0.416 e. The number of piperidine rings is 1. The fraction of sp³-hybridized carbons (Fsp3) is 0.364. The van der Waals surface area contributed by atoms with Gasteiger partial charge in [-0.05, 0) is 49.2 Å². The monoisotopic (exact) mass is 497 g/mol. The normalized spacial score (nSPS) is 14.9. The standard InChI is InChI=1S/C22H22F3N3O5S/c1-32-19-6-3-15(21(29)33-2)11-20(19)34(30,31)27-17-12-16(22(23,24)25)4-5-18(17)28-9-7-14(13-26)8-10-28/h3-6,11-12,14,27H,7-10H2,1-2H3. The second-order valence-electron chi connectivity index (χ2n) is 7.58. The number of carbonyl (C=O) groups excluding carboxylic acids is 1.